The summed E-state index contributed by atoms with van der Waals surface area (Å²) in [4.78, 5) is 41.0. The molecular weight excluding hydrogens is 467 g/mol. The van der Waals surface area contributed by atoms with Crippen LogP contribution >= 0.6 is 11.3 Å². The van der Waals surface area contributed by atoms with Crippen LogP contribution in [0.4, 0.5) is 10.1 Å². The molecule has 1 fully saturated rings. The van der Waals surface area contributed by atoms with E-state index < -0.39 is 11.7 Å². The zero-order chi connectivity index (χ0) is 24.7. The first-order valence-electron chi connectivity index (χ1n) is 11.2. The molecule has 1 saturated heterocycles. The van der Waals surface area contributed by atoms with Crippen LogP contribution in [0, 0.1) is 19.7 Å². The molecule has 0 radical (unpaired) electrons. The third-order valence-corrected chi connectivity index (χ3v) is 7.47. The molecule has 0 unspecified atom stereocenters. The number of nitrogens with zero attached hydrogens (tertiary/aromatic N) is 3. The molecule has 0 atom stereocenters. The summed E-state index contributed by atoms with van der Waals surface area (Å²) in [5.41, 5.74) is 3.18. The minimum absolute atomic E-state index is 0.0801. The Morgan fingerprint density at radius 1 is 1.11 bits per heavy atom. The SMILES string of the molecule is Cc1c(Cc2ccc(F)c(C(=O)N3CCN(c4csc5ccccc45)C(=O)C3)c2)n[nH]c(=O)c1C. The van der Waals surface area contributed by atoms with Crippen molar-refractivity contribution in [3.8, 4) is 0 Å². The molecule has 1 N–H and O–H groups in total. The first kappa shape index (κ1) is 22.9. The van der Waals surface area contributed by atoms with Crippen molar-refractivity contribution in [1.29, 1.82) is 0 Å². The van der Waals surface area contributed by atoms with Gasteiger partial charge < -0.3 is 9.80 Å². The Bertz CT molecular complexity index is 1530. The fourth-order valence-electron chi connectivity index (χ4n) is 4.33. The maximum atomic E-state index is 14.7. The fourth-order valence-corrected chi connectivity index (χ4v) is 5.28. The molecule has 3 heterocycles. The smallest absolute Gasteiger partial charge is 0.267 e. The van der Waals surface area contributed by atoms with E-state index in [9.17, 15) is 18.8 Å². The maximum absolute atomic E-state index is 14.7. The minimum atomic E-state index is -0.639. The van der Waals surface area contributed by atoms with Crippen molar-refractivity contribution in [3.63, 3.8) is 0 Å². The number of aromatic nitrogens is 2. The van der Waals surface area contributed by atoms with Gasteiger partial charge in [0.1, 0.15) is 12.4 Å². The molecule has 5 rings (SSSR count). The van der Waals surface area contributed by atoms with Gasteiger partial charge in [0.05, 0.1) is 16.9 Å². The average molecular weight is 491 g/mol. The van der Waals surface area contributed by atoms with Crippen LogP contribution in [0.3, 0.4) is 0 Å². The van der Waals surface area contributed by atoms with Gasteiger partial charge in [-0.05, 0) is 43.2 Å². The van der Waals surface area contributed by atoms with Crippen LogP contribution < -0.4 is 10.5 Å². The summed E-state index contributed by atoms with van der Waals surface area (Å²) in [6, 6.07) is 12.2. The number of piperazine rings is 1. The van der Waals surface area contributed by atoms with Crippen molar-refractivity contribution in [2.75, 3.05) is 24.5 Å². The Labute approximate surface area is 204 Å². The van der Waals surface area contributed by atoms with Gasteiger partial charge in [-0.1, -0.05) is 24.3 Å². The molecule has 2 aromatic heterocycles. The fraction of sp³-hybridized carbons (Fsp3) is 0.231. The number of carbonyl (C=O) groups is 2. The van der Waals surface area contributed by atoms with E-state index in [2.05, 4.69) is 10.2 Å². The number of halogens is 1. The Hall–Kier alpha value is -3.85. The molecule has 7 nitrogen and oxygen atoms in total. The van der Waals surface area contributed by atoms with E-state index in [1.165, 1.54) is 17.0 Å². The summed E-state index contributed by atoms with van der Waals surface area (Å²) in [7, 11) is 0. The molecule has 2 aromatic carbocycles. The molecule has 178 valence electrons. The van der Waals surface area contributed by atoms with E-state index >= 15 is 0 Å². The van der Waals surface area contributed by atoms with Gasteiger partial charge in [0.15, 0.2) is 0 Å². The predicted octanol–water partition coefficient (Wildman–Crippen LogP) is 3.82. The van der Waals surface area contributed by atoms with E-state index in [1.807, 2.05) is 36.6 Å². The van der Waals surface area contributed by atoms with Crippen LogP contribution in [0.2, 0.25) is 0 Å². The van der Waals surface area contributed by atoms with Gasteiger partial charge in [-0.3, -0.25) is 14.4 Å². The van der Waals surface area contributed by atoms with Crippen molar-refractivity contribution in [1.82, 2.24) is 15.1 Å². The van der Waals surface area contributed by atoms with E-state index in [1.54, 1.807) is 29.2 Å². The van der Waals surface area contributed by atoms with Crippen LogP contribution in [0.5, 0.6) is 0 Å². The maximum Gasteiger partial charge on any atom is 0.267 e. The number of carbonyl (C=O) groups excluding carboxylic acids is 2. The molecule has 0 saturated carbocycles. The molecule has 35 heavy (non-hydrogen) atoms. The van der Waals surface area contributed by atoms with Gasteiger partial charge in [-0.2, -0.15) is 5.10 Å². The molecule has 4 aromatic rings. The number of hydrogen-bond acceptors (Lipinski definition) is 5. The molecule has 1 aliphatic heterocycles. The van der Waals surface area contributed by atoms with Crippen LogP contribution in [-0.2, 0) is 11.2 Å². The summed E-state index contributed by atoms with van der Waals surface area (Å²) in [5, 5.41) is 9.54. The van der Waals surface area contributed by atoms with Crippen LogP contribution in [0.1, 0.15) is 32.7 Å². The summed E-state index contributed by atoms with van der Waals surface area (Å²) < 4.78 is 15.8. The van der Waals surface area contributed by atoms with Crippen molar-refractivity contribution >= 4 is 38.9 Å². The molecular formula is C26H23FN4O3S. The van der Waals surface area contributed by atoms with Crippen LogP contribution in [0.25, 0.3) is 10.1 Å². The van der Waals surface area contributed by atoms with Crippen LogP contribution in [-0.4, -0.2) is 46.5 Å². The van der Waals surface area contributed by atoms with Gasteiger partial charge in [0.25, 0.3) is 11.5 Å². The normalized spacial score (nSPS) is 14.1. The standard InChI is InChI=1S/C26H23FN4O3S/c1-15-16(2)25(33)29-28-21(15)12-17-7-8-20(27)19(11-17)26(34)30-9-10-31(24(32)13-30)22-14-35-23-6-4-3-5-18(22)23/h3-8,11,14H,9-10,12-13H2,1-2H3,(H,29,33). The van der Waals surface area contributed by atoms with E-state index in [0.717, 1.165) is 21.3 Å². The highest BCUT2D eigenvalue weighted by Gasteiger charge is 2.31. The number of aromatic amines is 1. The second-order valence-electron chi connectivity index (χ2n) is 8.63. The number of H-pyrrole nitrogens is 1. The lowest BCUT2D eigenvalue weighted by molar-refractivity contribution is -0.120. The topological polar surface area (TPSA) is 86.4 Å². The highest BCUT2D eigenvalue weighted by molar-refractivity contribution is 7.17. The van der Waals surface area contributed by atoms with Gasteiger partial charge in [-0.25, -0.2) is 9.49 Å². The molecule has 0 aliphatic carbocycles. The van der Waals surface area contributed by atoms with E-state index in [4.69, 9.17) is 0 Å². The Kier molecular flexibility index (Phi) is 5.94. The quantitative estimate of drug-likeness (QED) is 0.471. The third kappa shape index (κ3) is 4.23. The zero-order valence-corrected chi connectivity index (χ0v) is 20.1. The molecule has 9 heteroatoms. The van der Waals surface area contributed by atoms with Crippen molar-refractivity contribution in [2.24, 2.45) is 0 Å². The highest BCUT2D eigenvalue weighted by atomic mass is 32.1. The van der Waals surface area contributed by atoms with Crippen LogP contribution in [0.15, 0.2) is 52.6 Å². The van der Waals surface area contributed by atoms with Crippen molar-refractivity contribution < 1.29 is 14.0 Å². The van der Waals surface area contributed by atoms with E-state index in [-0.39, 0.29) is 23.6 Å². The number of thiophene rings is 1. The first-order chi connectivity index (χ1) is 16.8. The van der Waals surface area contributed by atoms with E-state index in [0.29, 0.717) is 36.3 Å². The summed E-state index contributed by atoms with van der Waals surface area (Å²) in [6.07, 6.45) is 0.335. The summed E-state index contributed by atoms with van der Waals surface area (Å²) in [6.45, 7) is 4.05. The number of rotatable bonds is 4. The Morgan fingerprint density at radius 2 is 1.91 bits per heavy atom. The minimum Gasteiger partial charge on any atom is -0.327 e. The Balaban J connectivity index is 1.35. The number of benzene rings is 2. The molecule has 0 bridgehead atoms. The first-order valence-corrected chi connectivity index (χ1v) is 12.1. The van der Waals surface area contributed by atoms with Crippen molar-refractivity contribution in [2.45, 2.75) is 20.3 Å². The molecule has 2 amide bonds. The number of fused-ring (bicyclic) bond motifs is 1. The number of amides is 2. The molecule has 1 aliphatic rings. The number of hydrogen-bond donors (Lipinski definition) is 1. The summed E-state index contributed by atoms with van der Waals surface area (Å²) in [5.74, 6) is -1.36. The lowest BCUT2D eigenvalue weighted by atomic mass is 10.0. The summed E-state index contributed by atoms with van der Waals surface area (Å²) >= 11 is 1.57. The molecule has 0 spiro atoms. The van der Waals surface area contributed by atoms with Gasteiger partial charge >= 0.3 is 0 Å². The van der Waals surface area contributed by atoms with Gasteiger partial charge in [0.2, 0.25) is 5.91 Å². The largest absolute Gasteiger partial charge is 0.327 e. The second kappa shape index (κ2) is 9.07. The average Bonchev–Trinajstić information content (AvgIpc) is 3.29. The third-order valence-electron chi connectivity index (χ3n) is 6.52. The van der Waals surface area contributed by atoms with Gasteiger partial charge in [-0.15, -0.1) is 11.3 Å². The lowest BCUT2D eigenvalue weighted by Gasteiger charge is -2.34. The number of nitrogens with one attached hydrogen (secondary N) is 1. The predicted molar refractivity (Wildman–Crippen MR) is 134 cm³/mol. The second-order valence-corrected chi connectivity index (χ2v) is 9.54. The zero-order valence-electron chi connectivity index (χ0n) is 19.3. The lowest BCUT2D eigenvalue weighted by Crippen LogP contribution is -2.52. The number of anilines is 1. The van der Waals surface area contributed by atoms with Crippen molar-refractivity contribution in [3.05, 3.63) is 92.0 Å². The van der Waals surface area contributed by atoms with Gasteiger partial charge in [0, 0.05) is 40.5 Å². The highest BCUT2D eigenvalue weighted by Crippen LogP contribution is 2.33. The monoisotopic (exact) mass is 490 g/mol. The Morgan fingerprint density at radius 3 is 2.71 bits per heavy atom.